The summed E-state index contributed by atoms with van der Waals surface area (Å²) < 4.78 is 228. The number of ether oxygens (including phenoxy) is 1. The average molecular weight is 663 g/mol. The highest BCUT2D eigenvalue weighted by Crippen LogP contribution is 2.63. The molecule has 1 rings (SSSR count). The number of alkyl halides is 15. The molecule has 3 nitrogen and oxygen atoms in total. The van der Waals surface area contributed by atoms with Crippen molar-refractivity contribution < 1.29 is 89.6 Å². The van der Waals surface area contributed by atoms with Crippen LogP contribution < -0.4 is 4.74 Å². The van der Waals surface area contributed by atoms with Gasteiger partial charge in [0.2, 0.25) is 5.83 Å². The van der Waals surface area contributed by atoms with Gasteiger partial charge in [0.15, 0.2) is 0 Å². The van der Waals surface area contributed by atoms with Gasteiger partial charge in [-0.25, -0.2) is 0 Å². The van der Waals surface area contributed by atoms with E-state index in [1.807, 2.05) is 0 Å². The fraction of sp³-hybridized carbons (Fsp3) is 0.529. The van der Waals surface area contributed by atoms with Crippen LogP contribution in [0.25, 0.3) is 0 Å². The van der Waals surface area contributed by atoms with Crippen LogP contribution >= 0.6 is 15.9 Å². The second-order valence-corrected chi connectivity index (χ2v) is 7.81. The van der Waals surface area contributed by atoms with Crippen molar-refractivity contribution in [1.29, 1.82) is 0 Å². The third kappa shape index (κ3) is 5.00. The van der Waals surface area contributed by atoms with Crippen LogP contribution in [0, 0.1) is 0 Å². The maximum absolute atomic E-state index is 13.9. The van der Waals surface area contributed by atoms with Crippen LogP contribution in [0.5, 0.6) is 5.75 Å². The molecule has 0 atom stereocenters. The van der Waals surface area contributed by atoms with Crippen LogP contribution in [0.2, 0.25) is 0 Å². The first kappa shape index (κ1) is 34.0. The average Bonchev–Trinajstić information content (AvgIpc) is 2.78. The SMILES string of the molecule is OCc1cc(CO)c(Br)c(OC(F)=C(F)C(F)(F)C(F)(F)C(F)(F)C(F)(F)C(F)(F)C(F)(F)C(F)(F)F)c1. The van der Waals surface area contributed by atoms with Gasteiger partial charge in [-0.1, -0.05) is 0 Å². The van der Waals surface area contributed by atoms with Gasteiger partial charge in [-0.15, -0.1) is 0 Å². The summed E-state index contributed by atoms with van der Waals surface area (Å²) in [6, 6.07) is -2.30. The second kappa shape index (κ2) is 10.2. The molecule has 38 heavy (non-hydrogen) atoms. The summed E-state index contributed by atoms with van der Waals surface area (Å²) in [5.74, 6) is -55.9. The Kier molecular flexibility index (Phi) is 9.11. The molecule has 0 amide bonds. The number of aliphatic hydroxyl groups excluding tert-OH is 2. The molecule has 0 saturated heterocycles. The van der Waals surface area contributed by atoms with Crippen molar-refractivity contribution in [1.82, 2.24) is 0 Å². The number of halogens is 18. The van der Waals surface area contributed by atoms with Gasteiger partial charge in [0.05, 0.1) is 17.7 Å². The van der Waals surface area contributed by atoms with Crippen molar-refractivity contribution in [2.45, 2.75) is 54.9 Å². The molecule has 0 fully saturated rings. The van der Waals surface area contributed by atoms with E-state index in [9.17, 15) is 74.6 Å². The molecule has 1 aromatic rings. The van der Waals surface area contributed by atoms with E-state index in [4.69, 9.17) is 10.2 Å². The minimum absolute atomic E-state index is 0.378. The van der Waals surface area contributed by atoms with Gasteiger partial charge < -0.3 is 14.9 Å². The highest BCUT2D eigenvalue weighted by molar-refractivity contribution is 9.10. The zero-order chi connectivity index (χ0) is 30.5. The third-order valence-electron chi connectivity index (χ3n) is 4.50. The summed E-state index contributed by atoms with van der Waals surface area (Å²) in [4.78, 5) is 0. The Bertz CT molecular complexity index is 1060. The maximum Gasteiger partial charge on any atom is 0.460 e. The predicted octanol–water partition coefficient (Wildman–Crippen LogP) is 7.29. The van der Waals surface area contributed by atoms with E-state index in [1.54, 1.807) is 0 Å². The minimum atomic E-state index is -8.68. The standard InChI is InChI=1S/C17H8BrF17O3/c18-8-6(4-37)1-5(3-36)2-7(8)38-10(20)9(19)11(21,22)12(23,24)13(25,26)14(27,28)15(29,30)16(31,32)17(33,34)35/h1-2,36-37H,3-4H2. The van der Waals surface area contributed by atoms with Gasteiger partial charge in [0.25, 0.3) is 0 Å². The Hall–Kier alpha value is -2.03. The molecule has 0 aromatic heterocycles. The van der Waals surface area contributed by atoms with Crippen molar-refractivity contribution in [2.75, 3.05) is 0 Å². The minimum Gasteiger partial charge on any atom is -0.428 e. The first-order valence-electron chi connectivity index (χ1n) is 8.80. The van der Waals surface area contributed by atoms with Gasteiger partial charge in [-0.3, -0.25) is 0 Å². The molecule has 220 valence electrons. The maximum atomic E-state index is 13.9. The zero-order valence-electron chi connectivity index (χ0n) is 17.2. The lowest BCUT2D eigenvalue weighted by atomic mass is 9.91. The van der Waals surface area contributed by atoms with E-state index in [0.29, 0.717) is 6.07 Å². The van der Waals surface area contributed by atoms with E-state index in [0.717, 1.165) is 6.07 Å². The first-order valence-corrected chi connectivity index (χ1v) is 9.60. The van der Waals surface area contributed by atoms with Crippen molar-refractivity contribution >= 4 is 15.9 Å². The van der Waals surface area contributed by atoms with Crippen molar-refractivity contribution in [3.63, 3.8) is 0 Å². The molecule has 0 saturated carbocycles. The fourth-order valence-electron chi connectivity index (χ4n) is 2.37. The molecule has 1 aromatic carbocycles. The van der Waals surface area contributed by atoms with Crippen LogP contribution in [0.3, 0.4) is 0 Å². The lowest BCUT2D eigenvalue weighted by Crippen LogP contribution is -2.72. The Morgan fingerprint density at radius 2 is 1.08 bits per heavy atom. The van der Waals surface area contributed by atoms with Gasteiger partial charge >= 0.3 is 47.7 Å². The molecule has 21 heteroatoms. The van der Waals surface area contributed by atoms with Crippen LogP contribution in [0.4, 0.5) is 74.6 Å². The molecule has 2 N–H and O–H groups in total. The Balaban J connectivity index is 3.68. The molecule has 0 radical (unpaired) electrons. The molecule has 0 bridgehead atoms. The van der Waals surface area contributed by atoms with E-state index >= 15 is 0 Å². The summed E-state index contributed by atoms with van der Waals surface area (Å²) in [5.41, 5.74) is -0.771. The van der Waals surface area contributed by atoms with Crippen LogP contribution in [-0.4, -0.2) is 51.9 Å². The van der Waals surface area contributed by atoms with E-state index < -0.39 is 82.6 Å². The number of hydrogen-bond donors (Lipinski definition) is 2. The third-order valence-corrected chi connectivity index (χ3v) is 5.40. The zero-order valence-corrected chi connectivity index (χ0v) is 18.8. The van der Waals surface area contributed by atoms with Gasteiger partial charge in [-0.05, 0) is 39.2 Å². The Morgan fingerprint density at radius 3 is 1.47 bits per heavy atom. The molecule has 0 aliphatic carbocycles. The molecule has 0 unspecified atom stereocenters. The van der Waals surface area contributed by atoms with E-state index in [-0.39, 0.29) is 5.56 Å². The van der Waals surface area contributed by atoms with Crippen molar-refractivity contribution in [3.05, 3.63) is 39.6 Å². The molecule has 0 aliphatic heterocycles. The first-order chi connectivity index (χ1) is 16.7. The number of benzene rings is 1. The fourth-order valence-corrected chi connectivity index (χ4v) is 2.80. The summed E-state index contributed by atoms with van der Waals surface area (Å²) in [6.07, 6.45) is -7.82. The number of aliphatic hydroxyl groups is 2. The molecule has 0 heterocycles. The summed E-state index contributed by atoms with van der Waals surface area (Å²) in [7, 11) is 0. The monoisotopic (exact) mass is 662 g/mol. The summed E-state index contributed by atoms with van der Waals surface area (Å²) in [6.45, 7) is -2.00. The highest BCUT2D eigenvalue weighted by atomic mass is 79.9. The van der Waals surface area contributed by atoms with Crippen LogP contribution in [0.15, 0.2) is 28.4 Å². The molecule has 0 spiro atoms. The van der Waals surface area contributed by atoms with Gasteiger partial charge in [-0.2, -0.15) is 74.6 Å². The van der Waals surface area contributed by atoms with Crippen molar-refractivity contribution in [2.24, 2.45) is 0 Å². The highest BCUT2D eigenvalue weighted by Gasteiger charge is 2.93. The predicted molar refractivity (Wildman–Crippen MR) is 91.6 cm³/mol. The lowest BCUT2D eigenvalue weighted by molar-refractivity contribution is -0.451. The van der Waals surface area contributed by atoms with E-state index in [1.165, 1.54) is 0 Å². The smallest absolute Gasteiger partial charge is 0.428 e. The van der Waals surface area contributed by atoms with E-state index in [2.05, 4.69) is 20.7 Å². The Morgan fingerprint density at radius 1 is 0.658 bits per heavy atom. The topological polar surface area (TPSA) is 49.7 Å². The number of hydrogen-bond acceptors (Lipinski definition) is 3. The Labute approximate surface area is 206 Å². The summed E-state index contributed by atoms with van der Waals surface area (Å²) in [5, 5.41) is 18.1. The second-order valence-electron chi connectivity index (χ2n) is 7.02. The summed E-state index contributed by atoms with van der Waals surface area (Å²) >= 11 is 2.51. The quantitative estimate of drug-likeness (QED) is 0.204. The largest absolute Gasteiger partial charge is 0.460 e. The molecular formula is C17H8BrF17O3. The van der Waals surface area contributed by atoms with Crippen LogP contribution in [0.1, 0.15) is 11.1 Å². The van der Waals surface area contributed by atoms with Gasteiger partial charge in [0, 0.05) is 0 Å². The number of allylic oxidation sites excluding steroid dienone is 1. The van der Waals surface area contributed by atoms with Gasteiger partial charge in [0.1, 0.15) is 5.75 Å². The molecule has 0 aliphatic rings. The normalized spacial score (nSPS) is 15.5. The number of rotatable bonds is 10. The van der Waals surface area contributed by atoms with Crippen LogP contribution in [-0.2, 0) is 13.2 Å². The lowest BCUT2D eigenvalue weighted by Gasteiger charge is -2.41. The molecular weight excluding hydrogens is 655 g/mol. The van der Waals surface area contributed by atoms with Crippen molar-refractivity contribution in [3.8, 4) is 5.75 Å².